The smallest absolute Gasteiger partial charge is 0.142 e. The van der Waals surface area contributed by atoms with Gasteiger partial charge >= 0.3 is 0 Å². The van der Waals surface area contributed by atoms with E-state index < -0.39 is 0 Å². The third kappa shape index (κ3) is 5.70. The first-order valence-corrected chi connectivity index (χ1v) is 9.23. The van der Waals surface area contributed by atoms with Crippen molar-refractivity contribution in [3.05, 3.63) is 23.8 Å². The molecular weight excluding hydrogens is 286 g/mol. The van der Waals surface area contributed by atoms with Gasteiger partial charge in [-0.05, 0) is 69.7 Å². The van der Waals surface area contributed by atoms with Crippen LogP contribution in [0.25, 0.3) is 0 Å². The summed E-state index contributed by atoms with van der Waals surface area (Å²) in [7, 11) is 0. The largest absolute Gasteiger partial charge is 0.486 e. The zero-order chi connectivity index (χ0) is 16.5. The first-order valence-electron chi connectivity index (χ1n) is 9.23. The second-order valence-corrected chi connectivity index (χ2v) is 6.24. The van der Waals surface area contributed by atoms with E-state index in [0.29, 0.717) is 6.10 Å². The fourth-order valence-corrected chi connectivity index (χ4v) is 2.97. The van der Waals surface area contributed by atoms with Crippen LogP contribution in [0.3, 0.4) is 0 Å². The van der Waals surface area contributed by atoms with Crippen LogP contribution in [0.5, 0.6) is 5.75 Å². The van der Waals surface area contributed by atoms with Crippen molar-refractivity contribution in [3.63, 3.8) is 0 Å². The molecule has 0 radical (unpaired) electrons. The first-order chi connectivity index (χ1) is 11.3. The van der Waals surface area contributed by atoms with Crippen molar-refractivity contribution in [3.8, 4) is 5.75 Å². The quantitative estimate of drug-likeness (QED) is 0.650. The molecule has 23 heavy (non-hydrogen) atoms. The fraction of sp³-hybridized carbons (Fsp3) is 0.684. The van der Waals surface area contributed by atoms with Gasteiger partial charge in [-0.2, -0.15) is 0 Å². The minimum absolute atomic E-state index is 0.306. The number of benzene rings is 1. The van der Waals surface area contributed by atoms with Crippen LogP contribution < -0.4 is 15.4 Å². The Labute approximate surface area is 141 Å². The summed E-state index contributed by atoms with van der Waals surface area (Å²) in [6, 6.07) is 6.54. The van der Waals surface area contributed by atoms with Crippen LogP contribution in [0.1, 0.15) is 39.2 Å². The van der Waals surface area contributed by atoms with Gasteiger partial charge in [-0.3, -0.25) is 0 Å². The Morgan fingerprint density at radius 1 is 1.22 bits per heavy atom. The van der Waals surface area contributed by atoms with Gasteiger partial charge < -0.3 is 20.3 Å². The topological polar surface area (TPSA) is 36.5 Å². The predicted octanol–water partition coefficient (Wildman–Crippen LogP) is 3.13. The molecule has 130 valence electrons. The lowest BCUT2D eigenvalue weighted by Crippen LogP contribution is -2.30. The number of ether oxygens (including phenoxy) is 1. The normalized spacial score (nSPS) is 16.8. The van der Waals surface area contributed by atoms with Crippen molar-refractivity contribution < 1.29 is 4.74 Å². The van der Waals surface area contributed by atoms with Crippen molar-refractivity contribution in [2.45, 2.75) is 46.1 Å². The van der Waals surface area contributed by atoms with Gasteiger partial charge in [0.25, 0.3) is 0 Å². The van der Waals surface area contributed by atoms with E-state index in [2.05, 4.69) is 54.5 Å². The lowest BCUT2D eigenvalue weighted by molar-refractivity contribution is 0.202. The van der Waals surface area contributed by atoms with Crippen LogP contribution in [0.15, 0.2) is 18.2 Å². The van der Waals surface area contributed by atoms with E-state index in [-0.39, 0.29) is 0 Å². The summed E-state index contributed by atoms with van der Waals surface area (Å²) in [4.78, 5) is 2.47. The number of fused-ring (bicyclic) bond motifs is 1. The summed E-state index contributed by atoms with van der Waals surface area (Å²) in [6.07, 6.45) is 3.64. The summed E-state index contributed by atoms with van der Waals surface area (Å²) in [5, 5.41) is 7.04. The highest BCUT2D eigenvalue weighted by Crippen LogP contribution is 2.30. The minimum atomic E-state index is 0.306. The van der Waals surface area contributed by atoms with Gasteiger partial charge in [-0.25, -0.2) is 0 Å². The molecule has 1 aliphatic rings. The Morgan fingerprint density at radius 3 is 2.78 bits per heavy atom. The van der Waals surface area contributed by atoms with Gasteiger partial charge in [0.2, 0.25) is 0 Å². The highest BCUT2D eigenvalue weighted by molar-refractivity contribution is 5.59. The standard InChI is InChI=1S/C19H33N3O/c1-4-17-15-21-18-14-16(8-9-19(18)23-17)10-12-20-11-7-13-22(5-2)6-3/h8-9,14,17,20-21H,4-7,10-13,15H2,1-3H3. The summed E-state index contributed by atoms with van der Waals surface area (Å²) in [5.41, 5.74) is 2.51. The zero-order valence-electron chi connectivity index (χ0n) is 15.0. The molecule has 0 fully saturated rings. The molecule has 4 nitrogen and oxygen atoms in total. The molecule has 0 aliphatic carbocycles. The molecule has 1 unspecified atom stereocenters. The van der Waals surface area contributed by atoms with Crippen LogP contribution in [0.2, 0.25) is 0 Å². The third-order valence-electron chi connectivity index (χ3n) is 4.63. The molecular formula is C19H33N3O. The molecule has 2 N–H and O–H groups in total. The van der Waals surface area contributed by atoms with Crippen molar-refractivity contribution >= 4 is 5.69 Å². The van der Waals surface area contributed by atoms with Crippen LogP contribution in [-0.2, 0) is 6.42 Å². The molecule has 4 heteroatoms. The van der Waals surface area contributed by atoms with E-state index >= 15 is 0 Å². The van der Waals surface area contributed by atoms with Gasteiger partial charge in [0.1, 0.15) is 11.9 Å². The highest BCUT2D eigenvalue weighted by Gasteiger charge is 2.17. The van der Waals surface area contributed by atoms with Gasteiger partial charge in [0, 0.05) is 0 Å². The molecule has 2 rings (SSSR count). The lowest BCUT2D eigenvalue weighted by Gasteiger charge is -2.27. The third-order valence-corrected chi connectivity index (χ3v) is 4.63. The second-order valence-electron chi connectivity index (χ2n) is 6.24. The predicted molar refractivity (Wildman–Crippen MR) is 98.6 cm³/mol. The number of nitrogens with zero attached hydrogens (tertiary/aromatic N) is 1. The Kier molecular flexibility index (Phi) is 7.69. The SMILES string of the molecule is CCC1CNc2cc(CCNCCCN(CC)CC)ccc2O1. The molecule has 0 bridgehead atoms. The Bertz CT molecular complexity index is 460. The molecule has 1 aromatic rings. The molecule has 1 heterocycles. The van der Waals surface area contributed by atoms with E-state index in [1.54, 1.807) is 0 Å². The van der Waals surface area contributed by atoms with Crippen LogP contribution >= 0.6 is 0 Å². The Morgan fingerprint density at radius 2 is 2.04 bits per heavy atom. The van der Waals surface area contributed by atoms with Crippen molar-refractivity contribution in [1.82, 2.24) is 10.2 Å². The average Bonchev–Trinajstić information content (AvgIpc) is 2.60. The monoisotopic (exact) mass is 319 g/mol. The summed E-state index contributed by atoms with van der Waals surface area (Å²) < 4.78 is 5.95. The molecule has 1 aromatic carbocycles. The molecule has 0 aromatic heterocycles. The zero-order valence-corrected chi connectivity index (χ0v) is 15.0. The maximum Gasteiger partial charge on any atom is 0.142 e. The van der Waals surface area contributed by atoms with E-state index in [9.17, 15) is 0 Å². The number of anilines is 1. The van der Waals surface area contributed by atoms with Gasteiger partial charge in [-0.15, -0.1) is 0 Å². The van der Waals surface area contributed by atoms with Crippen LogP contribution in [-0.4, -0.2) is 50.3 Å². The molecule has 0 saturated heterocycles. The summed E-state index contributed by atoms with van der Waals surface area (Å²) in [6.45, 7) is 13.2. The average molecular weight is 319 g/mol. The van der Waals surface area contributed by atoms with Gasteiger partial charge in [0.05, 0.1) is 12.2 Å². The van der Waals surface area contributed by atoms with Crippen molar-refractivity contribution in [2.24, 2.45) is 0 Å². The number of nitrogens with one attached hydrogen (secondary N) is 2. The van der Waals surface area contributed by atoms with Gasteiger partial charge in [0.15, 0.2) is 0 Å². The van der Waals surface area contributed by atoms with E-state index in [4.69, 9.17) is 4.74 Å². The van der Waals surface area contributed by atoms with E-state index in [1.807, 2.05) is 0 Å². The molecule has 1 aliphatic heterocycles. The van der Waals surface area contributed by atoms with Gasteiger partial charge in [-0.1, -0.05) is 26.8 Å². The van der Waals surface area contributed by atoms with E-state index in [1.165, 1.54) is 18.5 Å². The van der Waals surface area contributed by atoms with Crippen molar-refractivity contribution in [2.75, 3.05) is 44.6 Å². The number of hydrogen-bond acceptors (Lipinski definition) is 4. The van der Waals surface area contributed by atoms with Crippen LogP contribution in [0.4, 0.5) is 5.69 Å². The minimum Gasteiger partial charge on any atom is -0.486 e. The van der Waals surface area contributed by atoms with Crippen LogP contribution in [0, 0.1) is 0 Å². The lowest BCUT2D eigenvalue weighted by atomic mass is 10.1. The molecule has 0 saturated carbocycles. The molecule has 0 spiro atoms. The number of hydrogen-bond donors (Lipinski definition) is 2. The van der Waals surface area contributed by atoms with E-state index in [0.717, 1.165) is 57.0 Å². The second kappa shape index (κ2) is 9.78. The summed E-state index contributed by atoms with van der Waals surface area (Å²) >= 11 is 0. The maximum absolute atomic E-state index is 5.95. The number of rotatable bonds is 10. The fourth-order valence-electron chi connectivity index (χ4n) is 2.97. The van der Waals surface area contributed by atoms with Crippen molar-refractivity contribution in [1.29, 1.82) is 0 Å². The maximum atomic E-state index is 5.95. The first kappa shape index (κ1) is 18.1. The molecule has 0 amide bonds. The molecule has 1 atom stereocenters. The Balaban J connectivity index is 1.67. The highest BCUT2D eigenvalue weighted by atomic mass is 16.5. The Hall–Kier alpha value is -1.26. The summed E-state index contributed by atoms with van der Waals surface area (Å²) in [5.74, 6) is 0.999.